The predicted molar refractivity (Wildman–Crippen MR) is 74.7 cm³/mol. The van der Waals surface area contributed by atoms with Crippen LogP contribution in [0.25, 0.3) is 0 Å². The van der Waals surface area contributed by atoms with Crippen LogP contribution >= 0.6 is 39.1 Å². The molecule has 1 unspecified atom stereocenters. The van der Waals surface area contributed by atoms with Gasteiger partial charge in [-0.3, -0.25) is 0 Å². The molecule has 17 heavy (non-hydrogen) atoms. The summed E-state index contributed by atoms with van der Waals surface area (Å²) in [5.74, 6) is 0. The smallest absolute Gasteiger partial charge is 0.210 e. The maximum absolute atomic E-state index is 11.9. The van der Waals surface area contributed by atoms with Crippen LogP contribution in [0.5, 0.6) is 0 Å². The Balaban J connectivity index is 2.86. The molecule has 0 aliphatic rings. The van der Waals surface area contributed by atoms with Gasteiger partial charge in [0.15, 0.2) is 0 Å². The largest absolute Gasteiger partial charge is 0.240 e. The van der Waals surface area contributed by atoms with E-state index in [4.69, 9.17) is 23.2 Å². The molecule has 1 aromatic carbocycles. The van der Waals surface area contributed by atoms with Gasteiger partial charge >= 0.3 is 0 Å². The maximum Gasteiger partial charge on any atom is 0.240 e. The van der Waals surface area contributed by atoms with Gasteiger partial charge in [-0.2, -0.15) is 0 Å². The number of rotatable bonds is 5. The van der Waals surface area contributed by atoms with E-state index in [9.17, 15) is 8.42 Å². The summed E-state index contributed by atoms with van der Waals surface area (Å²) in [6.45, 7) is 2.30. The Morgan fingerprint density at radius 3 is 2.53 bits per heavy atom. The van der Waals surface area contributed by atoms with E-state index in [2.05, 4.69) is 20.7 Å². The molecule has 0 heterocycles. The molecule has 1 aromatic rings. The summed E-state index contributed by atoms with van der Waals surface area (Å²) in [4.78, 5) is 0.225. The zero-order chi connectivity index (χ0) is 13.1. The molecule has 0 bridgehead atoms. The van der Waals surface area contributed by atoms with Crippen LogP contribution in [-0.4, -0.2) is 19.8 Å². The van der Waals surface area contributed by atoms with Crippen molar-refractivity contribution in [3.63, 3.8) is 0 Å². The summed E-state index contributed by atoms with van der Waals surface area (Å²) in [6.07, 6.45) is 0.837. The first-order valence-corrected chi connectivity index (χ1v) is 8.11. The van der Waals surface area contributed by atoms with Gasteiger partial charge in [0.1, 0.15) is 0 Å². The summed E-state index contributed by atoms with van der Waals surface area (Å²) in [6, 6.07) is 4.22. The van der Waals surface area contributed by atoms with Crippen molar-refractivity contribution in [1.29, 1.82) is 0 Å². The van der Waals surface area contributed by atoms with E-state index in [0.717, 1.165) is 6.42 Å². The molecule has 0 radical (unpaired) electrons. The average Bonchev–Trinajstić information content (AvgIpc) is 2.29. The molecule has 0 saturated carbocycles. The Hall–Kier alpha value is 0.190. The van der Waals surface area contributed by atoms with Gasteiger partial charge in [-0.05, 0) is 24.6 Å². The second-order valence-corrected chi connectivity index (χ2v) is 7.31. The van der Waals surface area contributed by atoms with Crippen molar-refractivity contribution < 1.29 is 8.42 Å². The summed E-state index contributed by atoms with van der Waals surface area (Å²) in [5.41, 5.74) is 0. The van der Waals surface area contributed by atoms with Crippen molar-refractivity contribution in [2.24, 2.45) is 0 Å². The van der Waals surface area contributed by atoms with Crippen LogP contribution in [0.2, 0.25) is 10.0 Å². The maximum atomic E-state index is 11.9. The Morgan fingerprint density at radius 1 is 1.35 bits per heavy atom. The predicted octanol–water partition coefficient (Wildman–Crippen LogP) is 3.45. The SMILES string of the molecule is CCC(Br)CNS(=O)(=O)c1ccc(Cl)c(Cl)c1. The van der Waals surface area contributed by atoms with Gasteiger partial charge in [0, 0.05) is 11.4 Å². The summed E-state index contributed by atoms with van der Waals surface area (Å²) in [5, 5.41) is 0.554. The topological polar surface area (TPSA) is 46.2 Å². The molecule has 0 amide bonds. The lowest BCUT2D eigenvalue weighted by Gasteiger charge is -2.10. The lowest BCUT2D eigenvalue weighted by atomic mass is 10.3. The van der Waals surface area contributed by atoms with Crippen LogP contribution in [-0.2, 0) is 10.0 Å². The van der Waals surface area contributed by atoms with Crippen molar-refractivity contribution >= 4 is 49.2 Å². The molecule has 0 spiro atoms. The highest BCUT2D eigenvalue weighted by molar-refractivity contribution is 9.09. The van der Waals surface area contributed by atoms with Gasteiger partial charge in [-0.25, -0.2) is 13.1 Å². The molecule has 0 aromatic heterocycles. The molecule has 1 N–H and O–H groups in total. The fraction of sp³-hybridized carbons (Fsp3) is 0.400. The summed E-state index contributed by atoms with van der Waals surface area (Å²) >= 11 is 14.9. The number of alkyl halides is 1. The molecule has 3 nitrogen and oxygen atoms in total. The molecule has 0 aliphatic heterocycles. The fourth-order valence-electron chi connectivity index (χ4n) is 1.07. The van der Waals surface area contributed by atoms with E-state index in [1.54, 1.807) is 0 Å². The molecular formula is C10H12BrCl2NO2S. The Labute approximate surface area is 120 Å². The second kappa shape index (κ2) is 6.38. The van der Waals surface area contributed by atoms with E-state index in [0.29, 0.717) is 11.6 Å². The van der Waals surface area contributed by atoms with E-state index in [-0.39, 0.29) is 14.7 Å². The molecule has 96 valence electrons. The average molecular weight is 361 g/mol. The molecule has 0 saturated heterocycles. The van der Waals surface area contributed by atoms with E-state index < -0.39 is 10.0 Å². The van der Waals surface area contributed by atoms with Crippen molar-refractivity contribution in [3.8, 4) is 0 Å². The lowest BCUT2D eigenvalue weighted by Crippen LogP contribution is -2.29. The molecule has 1 atom stereocenters. The first kappa shape index (κ1) is 15.2. The Kier molecular flexibility index (Phi) is 5.73. The highest BCUT2D eigenvalue weighted by atomic mass is 79.9. The third-order valence-corrected chi connectivity index (χ3v) is 5.27. The van der Waals surface area contributed by atoms with Crippen LogP contribution < -0.4 is 4.72 Å². The van der Waals surface area contributed by atoms with E-state index >= 15 is 0 Å². The van der Waals surface area contributed by atoms with Crippen molar-refractivity contribution in [2.75, 3.05) is 6.54 Å². The first-order valence-electron chi connectivity index (χ1n) is 4.95. The van der Waals surface area contributed by atoms with Crippen molar-refractivity contribution in [2.45, 2.75) is 23.1 Å². The minimum atomic E-state index is -3.53. The van der Waals surface area contributed by atoms with Crippen LogP contribution in [0, 0.1) is 0 Å². The highest BCUT2D eigenvalue weighted by Gasteiger charge is 2.16. The van der Waals surface area contributed by atoms with Gasteiger partial charge in [0.2, 0.25) is 10.0 Å². The summed E-state index contributed by atoms with van der Waals surface area (Å²) < 4.78 is 26.3. The third kappa shape index (κ3) is 4.41. The monoisotopic (exact) mass is 359 g/mol. The molecule has 0 fully saturated rings. The molecule has 1 rings (SSSR count). The van der Waals surface area contributed by atoms with Gasteiger partial charge in [0.05, 0.1) is 14.9 Å². The van der Waals surface area contributed by atoms with Gasteiger partial charge in [-0.15, -0.1) is 0 Å². The quantitative estimate of drug-likeness (QED) is 0.817. The van der Waals surface area contributed by atoms with Crippen molar-refractivity contribution in [1.82, 2.24) is 4.72 Å². The fourth-order valence-corrected chi connectivity index (χ4v) is 2.92. The van der Waals surface area contributed by atoms with E-state index in [1.165, 1.54) is 18.2 Å². The minimum absolute atomic E-state index is 0.111. The highest BCUT2D eigenvalue weighted by Crippen LogP contribution is 2.24. The Morgan fingerprint density at radius 2 is 2.00 bits per heavy atom. The Bertz CT molecular complexity index is 493. The normalized spacial score (nSPS) is 13.6. The van der Waals surface area contributed by atoms with Gasteiger partial charge < -0.3 is 0 Å². The zero-order valence-electron chi connectivity index (χ0n) is 9.08. The number of sulfonamides is 1. The van der Waals surface area contributed by atoms with Crippen LogP contribution in [0.3, 0.4) is 0 Å². The van der Waals surface area contributed by atoms with Crippen LogP contribution in [0.15, 0.2) is 23.1 Å². The standard InChI is InChI=1S/C10H12BrCl2NO2S/c1-2-7(11)6-14-17(15,16)8-3-4-9(12)10(13)5-8/h3-5,7,14H,2,6H2,1H3. The summed E-state index contributed by atoms with van der Waals surface area (Å²) in [7, 11) is -3.53. The van der Waals surface area contributed by atoms with Gasteiger partial charge in [0.25, 0.3) is 0 Å². The third-order valence-electron chi connectivity index (χ3n) is 2.14. The number of hydrogen-bond donors (Lipinski definition) is 1. The molecular weight excluding hydrogens is 349 g/mol. The zero-order valence-corrected chi connectivity index (χ0v) is 13.0. The number of hydrogen-bond acceptors (Lipinski definition) is 2. The minimum Gasteiger partial charge on any atom is -0.210 e. The molecule has 7 heteroatoms. The van der Waals surface area contributed by atoms with E-state index in [1.807, 2.05) is 6.92 Å². The number of benzene rings is 1. The number of nitrogens with one attached hydrogen (secondary N) is 1. The number of halogens is 3. The van der Waals surface area contributed by atoms with Crippen molar-refractivity contribution in [3.05, 3.63) is 28.2 Å². The van der Waals surface area contributed by atoms with Crippen LogP contribution in [0.1, 0.15) is 13.3 Å². The first-order chi connectivity index (χ1) is 7.86. The molecule has 0 aliphatic carbocycles. The lowest BCUT2D eigenvalue weighted by molar-refractivity contribution is 0.580. The van der Waals surface area contributed by atoms with Crippen LogP contribution in [0.4, 0.5) is 0 Å². The van der Waals surface area contributed by atoms with Gasteiger partial charge in [-0.1, -0.05) is 46.1 Å². The second-order valence-electron chi connectivity index (χ2n) is 3.43.